The van der Waals surface area contributed by atoms with E-state index in [1.165, 1.54) is 12.1 Å². The van der Waals surface area contributed by atoms with Gasteiger partial charge < -0.3 is 4.74 Å². The molecule has 0 spiro atoms. The first-order valence-electron chi connectivity index (χ1n) is 6.70. The van der Waals surface area contributed by atoms with Crippen molar-refractivity contribution in [3.8, 4) is 5.75 Å². The van der Waals surface area contributed by atoms with E-state index < -0.39 is 11.6 Å². The first kappa shape index (κ1) is 14.6. The third-order valence-corrected chi connectivity index (χ3v) is 3.94. The van der Waals surface area contributed by atoms with Crippen LogP contribution in [0.3, 0.4) is 0 Å². The molecule has 1 saturated carbocycles. The molecule has 0 heterocycles. The molecule has 106 valence electrons. The minimum Gasteiger partial charge on any atom is -0.484 e. The Bertz CT molecular complexity index is 417. The number of rotatable bonds is 3. The molecule has 1 fully saturated rings. The number of hydrogen-bond acceptors (Lipinski definition) is 1. The molecule has 0 radical (unpaired) electrons. The second-order valence-electron chi connectivity index (χ2n) is 5.68. The van der Waals surface area contributed by atoms with Gasteiger partial charge in [-0.2, -0.15) is 0 Å². The zero-order valence-corrected chi connectivity index (χ0v) is 12.0. The van der Waals surface area contributed by atoms with Crippen molar-refractivity contribution < 1.29 is 13.5 Å². The molecule has 0 amide bonds. The van der Waals surface area contributed by atoms with Crippen LogP contribution in [0.5, 0.6) is 5.75 Å². The fourth-order valence-electron chi connectivity index (χ4n) is 2.94. The van der Waals surface area contributed by atoms with E-state index in [1.54, 1.807) is 0 Å². The highest BCUT2D eigenvalue weighted by atomic mass is 35.5. The van der Waals surface area contributed by atoms with E-state index in [4.69, 9.17) is 16.3 Å². The Hall–Kier alpha value is -0.830. The van der Waals surface area contributed by atoms with E-state index in [0.29, 0.717) is 17.4 Å². The van der Waals surface area contributed by atoms with Crippen LogP contribution >= 0.6 is 11.6 Å². The fraction of sp³-hybridized carbons (Fsp3) is 0.600. The third kappa shape index (κ3) is 3.59. The van der Waals surface area contributed by atoms with Gasteiger partial charge in [0.2, 0.25) is 0 Å². The van der Waals surface area contributed by atoms with Gasteiger partial charge in [0, 0.05) is 5.88 Å². The van der Waals surface area contributed by atoms with E-state index in [0.717, 1.165) is 19.3 Å². The number of benzene rings is 1. The van der Waals surface area contributed by atoms with Crippen molar-refractivity contribution in [3.63, 3.8) is 0 Å². The summed E-state index contributed by atoms with van der Waals surface area (Å²) in [5.41, 5.74) is 0.425. The summed E-state index contributed by atoms with van der Waals surface area (Å²) in [6, 6.07) is 2.47. The van der Waals surface area contributed by atoms with Crippen molar-refractivity contribution >= 4 is 11.6 Å². The smallest absolute Gasteiger partial charge is 0.191 e. The molecule has 1 aliphatic carbocycles. The van der Waals surface area contributed by atoms with Gasteiger partial charge in [0.05, 0.1) is 6.10 Å². The summed E-state index contributed by atoms with van der Waals surface area (Å²) >= 11 is 5.58. The first-order chi connectivity index (χ1) is 8.99. The Morgan fingerprint density at radius 1 is 1.11 bits per heavy atom. The Labute approximate surface area is 117 Å². The van der Waals surface area contributed by atoms with E-state index in [1.807, 2.05) is 0 Å². The number of hydrogen-bond donors (Lipinski definition) is 0. The molecular weight excluding hydrogens is 270 g/mol. The first-order valence-corrected chi connectivity index (χ1v) is 7.23. The monoisotopic (exact) mass is 288 g/mol. The van der Waals surface area contributed by atoms with Gasteiger partial charge in [0.25, 0.3) is 0 Å². The van der Waals surface area contributed by atoms with E-state index in [2.05, 4.69) is 13.8 Å². The molecule has 0 aromatic heterocycles. The van der Waals surface area contributed by atoms with Gasteiger partial charge in [-0.15, -0.1) is 11.6 Å². The molecule has 1 nitrogen and oxygen atoms in total. The second-order valence-corrected chi connectivity index (χ2v) is 5.95. The average molecular weight is 289 g/mol. The molecule has 0 aliphatic heterocycles. The van der Waals surface area contributed by atoms with Crippen LogP contribution in [0.15, 0.2) is 12.1 Å². The van der Waals surface area contributed by atoms with Crippen molar-refractivity contribution in [1.29, 1.82) is 0 Å². The van der Waals surface area contributed by atoms with Gasteiger partial charge in [-0.3, -0.25) is 0 Å². The summed E-state index contributed by atoms with van der Waals surface area (Å²) in [4.78, 5) is 0. The Kier molecular flexibility index (Phi) is 4.67. The summed E-state index contributed by atoms with van der Waals surface area (Å²) in [5, 5.41) is 0. The summed E-state index contributed by atoms with van der Waals surface area (Å²) in [6.45, 7) is 4.30. The van der Waals surface area contributed by atoms with Crippen LogP contribution in [0.2, 0.25) is 0 Å². The molecule has 1 aromatic rings. The van der Waals surface area contributed by atoms with Gasteiger partial charge in [0.15, 0.2) is 17.4 Å². The minimum absolute atomic E-state index is 0.0889. The highest BCUT2D eigenvalue weighted by Gasteiger charge is 2.27. The zero-order valence-electron chi connectivity index (χ0n) is 11.3. The van der Waals surface area contributed by atoms with Crippen molar-refractivity contribution in [2.75, 3.05) is 0 Å². The molecule has 1 aromatic carbocycles. The van der Waals surface area contributed by atoms with Crippen LogP contribution in [0, 0.1) is 23.5 Å². The van der Waals surface area contributed by atoms with E-state index in [9.17, 15) is 8.78 Å². The number of alkyl halides is 1. The van der Waals surface area contributed by atoms with Crippen molar-refractivity contribution in [1.82, 2.24) is 0 Å². The van der Waals surface area contributed by atoms with Crippen LogP contribution in [0.25, 0.3) is 0 Å². The molecule has 2 unspecified atom stereocenters. The molecule has 2 rings (SSSR count). The minimum atomic E-state index is -0.665. The Morgan fingerprint density at radius 2 is 1.63 bits per heavy atom. The summed E-state index contributed by atoms with van der Waals surface area (Å²) in [6.07, 6.45) is 2.74. The van der Waals surface area contributed by atoms with Crippen LogP contribution in [-0.2, 0) is 5.88 Å². The molecule has 0 N–H and O–H groups in total. The molecule has 0 bridgehead atoms. The molecular formula is C15H19ClF2O. The molecule has 2 atom stereocenters. The topological polar surface area (TPSA) is 9.23 Å². The SMILES string of the molecule is CC1CC(C)CC(Oc2c(F)cc(CCl)cc2F)C1. The van der Waals surface area contributed by atoms with Gasteiger partial charge in [-0.25, -0.2) is 8.78 Å². The van der Waals surface area contributed by atoms with Crippen molar-refractivity contribution in [3.05, 3.63) is 29.3 Å². The van der Waals surface area contributed by atoms with Crippen LogP contribution in [0.1, 0.15) is 38.7 Å². The normalized spacial score (nSPS) is 27.3. The highest BCUT2D eigenvalue weighted by molar-refractivity contribution is 6.17. The van der Waals surface area contributed by atoms with Gasteiger partial charge in [0.1, 0.15) is 0 Å². The lowest BCUT2D eigenvalue weighted by Crippen LogP contribution is -2.29. The maximum Gasteiger partial charge on any atom is 0.191 e. The zero-order chi connectivity index (χ0) is 14.0. The lowest BCUT2D eigenvalue weighted by atomic mass is 9.82. The molecule has 0 saturated heterocycles. The summed E-state index contributed by atoms with van der Waals surface area (Å²) in [7, 11) is 0. The Balaban J connectivity index is 2.14. The molecule has 4 heteroatoms. The van der Waals surface area contributed by atoms with E-state index >= 15 is 0 Å². The molecule has 1 aliphatic rings. The van der Waals surface area contributed by atoms with Gasteiger partial charge >= 0.3 is 0 Å². The number of halogens is 3. The lowest BCUT2D eigenvalue weighted by molar-refractivity contribution is 0.0927. The van der Waals surface area contributed by atoms with Gasteiger partial charge in [-0.1, -0.05) is 13.8 Å². The average Bonchev–Trinajstić information content (AvgIpc) is 2.32. The second kappa shape index (κ2) is 6.08. The predicted octanol–water partition coefficient (Wildman–Crippen LogP) is 4.91. The predicted molar refractivity (Wildman–Crippen MR) is 72.5 cm³/mol. The van der Waals surface area contributed by atoms with Crippen LogP contribution < -0.4 is 4.74 Å². The highest BCUT2D eigenvalue weighted by Crippen LogP contribution is 2.33. The van der Waals surface area contributed by atoms with Crippen molar-refractivity contribution in [2.45, 2.75) is 45.1 Å². The lowest BCUT2D eigenvalue weighted by Gasteiger charge is -2.31. The van der Waals surface area contributed by atoms with Gasteiger partial charge in [-0.05, 0) is 48.8 Å². The molecule has 19 heavy (non-hydrogen) atoms. The third-order valence-electron chi connectivity index (χ3n) is 3.63. The largest absolute Gasteiger partial charge is 0.484 e. The number of ether oxygens (including phenoxy) is 1. The van der Waals surface area contributed by atoms with Crippen molar-refractivity contribution in [2.24, 2.45) is 11.8 Å². The van der Waals surface area contributed by atoms with Crippen LogP contribution in [0.4, 0.5) is 8.78 Å². The summed E-state index contributed by atoms with van der Waals surface area (Å²) in [5.74, 6) is -0.446. The van der Waals surface area contributed by atoms with E-state index in [-0.39, 0.29) is 17.7 Å². The standard InChI is InChI=1S/C15H19ClF2O/c1-9-3-10(2)5-12(4-9)19-15-13(17)6-11(8-16)7-14(15)18/h6-7,9-10,12H,3-5,8H2,1-2H3. The quantitative estimate of drug-likeness (QED) is 0.718. The summed E-state index contributed by atoms with van der Waals surface area (Å²) < 4.78 is 33.2. The fourth-order valence-corrected chi connectivity index (χ4v) is 3.09. The Morgan fingerprint density at radius 3 is 2.11 bits per heavy atom. The maximum absolute atomic E-state index is 13.8. The maximum atomic E-state index is 13.8. The van der Waals surface area contributed by atoms with Crippen LogP contribution in [-0.4, -0.2) is 6.10 Å².